The molecule has 1 N–H and O–H groups in total. The maximum atomic E-state index is 14.1. The van der Waals surface area contributed by atoms with Crippen molar-refractivity contribution in [2.75, 3.05) is 26.1 Å². The summed E-state index contributed by atoms with van der Waals surface area (Å²) in [5.41, 5.74) is 2.08. The van der Waals surface area contributed by atoms with Crippen LogP contribution < -0.4 is 0 Å². The monoisotopic (exact) mass is 848 g/mol. The SMILES string of the molecule is C=C1C[C@H](/C=C/CO)O[C@H]1CC[C@H]1C[C@@H](C)C(=C)[C@@H](C[C@@H]2O[C@H](C[C@@H](CO[Si](C)(C)C(C)(C)C)O[Si](C)(C)C(C)(C)C)[C@H](OC)[C@H]2CS(=O)(=O)c2ccccc2)O1. The summed E-state index contributed by atoms with van der Waals surface area (Å²) in [5, 5.41) is 9.22. The number of rotatable bonds is 18. The Morgan fingerprint density at radius 1 is 0.930 bits per heavy atom. The molecule has 3 aliphatic rings. The van der Waals surface area contributed by atoms with E-state index < -0.39 is 50.7 Å². The summed E-state index contributed by atoms with van der Waals surface area (Å²) in [6, 6.07) is 8.67. The van der Waals surface area contributed by atoms with Crippen molar-refractivity contribution in [3.05, 3.63) is 66.8 Å². The minimum absolute atomic E-state index is 0.0113. The first kappa shape index (κ1) is 48.2. The zero-order valence-electron chi connectivity index (χ0n) is 37.2. The highest BCUT2D eigenvalue weighted by Gasteiger charge is 2.50. The number of methoxy groups -OCH3 is 1. The van der Waals surface area contributed by atoms with Gasteiger partial charge in [-0.15, -0.1) is 0 Å². The molecule has 10 atom stereocenters. The lowest BCUT2D eigenvalue weighted by molar-refractivity contribution is -0.0777. The van der Waals surface area contributed by atoms with E-state index in [1.54, 1.807) is 37.5 Å². The van der Waals surface area contributed by atoms with Gasteiger partial charge in [0.25, 0.3) is 0 Å². The number of benzene rings is 1. The maximum Gasteiger partial charge on any atom is 0.192 e. The third-order valence-corrected chi connectivity index (χ3v) is 24.4. The van der Waals surface area contributed by atoms with Crippen LogP contribution in [0.1, 0.15) is 87.0 Å². The van der Waals surface area contributed by atoms with Gasteiger partial charge in [-0.05, 0) is 84.7 Å². The van der Waals surface area contributed by atoms with Gasteiger partial charge in [-0.2, -0.15) is 0 Å². The van der Waals surface area contributed by atoms with Gasteiger partial charge in [-0.25, -0.2) is 8.42 Å². The van der Waals surface area contributed by atoms with Crippen LogP contribution in [0.15, 0.2) is 71.7 Å². The minimum Gasteiger partial charge on any atom is -0.414 e. The molecule has 3 fully saturated rings. The van der Waals surface area contributed by atoms with Crippen molar-refractivity contribution in [2.45, 2.75) is 177 Å². The maximum absolute atomic E-state index is 14.1. The molecule has 57 heavy (non-hydrogen) atoms. The van der Waals surface area contributed by atoms with Crippen LogP contribution in [-0.2, 0) is 37.6 Å². The van der Waals surface area contributed by atoms with Crippen molar-refractivity contribution < 1.29 is 41.3 Å². The molecule has 324 valence electrons. The summed E-state index contributed by atoms with van der Waals surface area (Å²) >= 11 is 0. The summed E-state index contributed by atoms with van der Waals surface area (Å²) in [4.78, 5) is 0.292. The largest absolute Gasteiger partial charge is 0.414 e. The van der Waals surface area contributed by atoms with Gasteiger partial charge < -0.3 is 32.9 Å². The van der Waals surface area contributed by atoms with Crippen molar-refractivity contribution >= 4 is 26.5 Å². The van der Waals surface area contributed by atoms with Gasteiger partial charge in [-0.3, -0.25) is 0 Å². The van der Waals surface area contributed by atoms with Crippen molar-refractivity contribution in [1.82, 2.24) is 0 Å². The molecule has 0 spiro atoms. The van der Waals surface area contributed by atoms with Gasteiger partial charge in [0.2, 0.25) is 0 Å². The molecular formula is C45H76O9SSi2. The molecule has 1 aromatic carbocycles. The zero-order valence-corrected chi connectivity index (χ0v) is 40.0. The molecule has 0 aromatic heterocycles. The molecule has 0 amide bonds. The third kappa shape index (κ3) is 12.5. The Balaban J connectivity index is 1.60. The molecular weight excluding hydrogens is 773 g/mol. The zero-order chi connectivity index (χ0) is 42.6. The van der Waals surface area contributed by atoms with Crippen LogP contribution in [-0.4, -0.2) is 105 Å². The van der Waals surface area contributed by atoms with Crippen LogP contribution in [0.4, 0.5) is 0 Å². The lowest BCUT2D eigenvalue weighted by Gasteiger charge is -2.42. The average molecular weight is 849 g/mol. The first-order chi connectivity index (χ1) is 26.4. The fraction of sp³-hybridized carbons (Fsp3) is 0.733. The second-order valence-corrected chi connectivity index (χ2v) is 31.5. The Labute approximate surface area is 348 Å². The Morgan fingerprint density at radius 2 is 1.58 bits per heavy atom. The number of hydrogen-bond donors (Lipinski definition) is 1. The lowest BCUT2D eigenvalue weighted by Crippen LogP contribution is -2.49. The van der Waals surface area contributed by atoms with Crippen molar-refractivity contribution in [3.8, 4) is 0 Å². The van der Waals surface area contributed by atoms with Crippen LogP contribution >= 0.6 is 0 Å². The standard InChI is InChI=1S/C45H76O9SSi2/c1-31-25-35(22-23-39-32(2)26-34(51-39)19-18-24-46)52-40(33(31)3)28-41-38(30-55(47,48)37-20-16-15-17-21-37)43(49-10)42(53-41)27-36(54-57(13,14)45(7,8)9)29-50-56(11,12)44(4,5)6/h15-21,31,34-36,38-43,46H,2-3,22-30H2,1,4-14H3/b19-18+/t31-,34+,35+,36+,38+,39+,40-,41+,42-,43-/m1/s1. The molecule has 1 aromatic rings. The summed E-state index contributed by atoms with van der Waals surface area (Å²) in [5.74, 6) is -0.347. The molecule has 0 bridgehead atoms. The molecule has 0 saturated carbocycles. The van der Waals surface area contributed by atoms with Crippen LogP contribution in [0.2, 0.25) is 36.3 Å². The van der Waals surface area contributed by atoms with Crippen LogP contribution in [0.5, 0.6) is 0 Å². The molecule has 3 aliphatic heterocycles. The molecule has 12 heteroatoms. The Hall–Kier alpha value is -1.46. The van der Waals surface area contributed by atoms with Gasteiger partial charge in [-0.1, -0.05) is 92.0 Å². The summed E-state index contributed by atoms with van der Waals surface area (Å²) in [6.45, 7) is 33.9. The fourth-order valence-electron chi connectivity index (χ4n) is 7.86. The second kappa shape index (κ2) is 19.5. The van der Waals surface area contributed by atoms with Gasteiger partial charge >= 0.3 is 0 Å². The van der Waals surface area contributed by atoms with Gasteiger partial charge in [0.05, 0.1) is 72.7 Å². The normalized spacial score (nSPS) is 30.1. The van der Waals surface area contributed by atoms with Crippen molar-refractivity contribution in [2.24, 2.45) is 11.8 Å². The number of aliphatic hydroxyl groups excluding tert-OH is 1. The summed E-state index contributed by atoms with van der Waals surface area (Å²) < 4.78 is 68.5. The van der Waals surface area contributed by atoms with E-state index in [1.165, 1.54) is 0 Å². The Kier molecular flexibility index (Phi) is 16.5. The van der Waals surface area contributed by atoms with Gasteiger partial charge in [0.15, 0.2) is 26.5 Å². The number of aliphatic hydroxyl groups is 1. The van der Waals surface area contributed by atoms with Crippen LogP contribution in [0.3, 0.4) is 0 Å². The summed E-state index contributed by atoms with van der Waals surface area (Å²) in [7, 11) is -6.37. The average Bonchev–Trinajstić information content (AvgIpc) is 3.63. The molecule has 0 unspecified atom stereocenters. The predicted octanol–water partition coefficient (Wildman–Crippen LogP) is 9.44. The van der Waals surface area contributed by atoms with E-state index in [9.17, 15) is 13.5 Å². The molecule has 3 heterocycles. The van der Waals surface area contributed by atoms with Crippen LogP contribution in [0.25, 0.3) is 0 Å². The number of hydrogen-bond acceptors (Lipinski definition) is 9. The van der Waals surface area contributed by atoms with Crippen molar-refractivity contribution in [1.29, 1.82) is 0 Å². The van der Waals surface area contributed by atoms with E-state index in [2.05, 4.69) is 87.8 Å². The highest BCUT2D eigenvalue weighted by molar-refractivity contribution is 7.91. The molecule has 9 nitrogen and oxygen atoms in total. The first-order valence-corrected chi connectivity index (χ1v) is 28.6. The van der Waals surface area contributed by atoms with Gasteiger partial charge in [0, 0.05) is 32.3 Å². The van der Waals surface area contributed by atoms with E-state index in [0.29, 0.717) is 24.3 Å². The number of sulfone groups is 1. The summed E-state index contributed by atoms with van der Waals surface area (Å²) in [6.07, 6.45) is 5.72. The quantitative estimate of drug-likeness (QED) is 0.114. The Morgan fingerprint density at radius 3 is 2.18 bits per heavy atom. The van der Waals surface area contributed by atoms with E-state index in [-0.39, 0.29) is 58.9 Å². The van der Waals surface area contributed by atoms with E-state index in [1.807, 2.05) is 12.1 Å². The van der Waals surface area contributed by atoms with Crippen molar-refractivity contribution in [3.63, 3.8) is 0 Å². The second-order valence-electron chi connectivity index (χ2n) is 19.9. The predicted molar refractivity (Wildman–Crippen MR) is 235 cm³/mol. The number of ether oxygens (including phenoxy) is 4. The molecule has 0 aliphatic carbocycles. The van der Waals surface area contributed by atoms with E-state index in [0.717, 1.165) is 36.8 Å². The highest BCUT2D eigenvalue weighted by atomic mass is 32.2. The molecule has 3 saturated heterocycles. The smallest absolute Gasteiger partial charge is 0.192 e. The van der Waals surface area contributed by atoms with E-state index >= 15 is 0 Å². The first-order valence-electron chi connectivity index (χ1n) is 21.1. The highest BCUT2D eigenvalue weighted by Crippen LogP contribution is 2.44. The van der Waals surface area contributed by atoms with E-state index in [4.69, 9.17) is 27.8 Å². The fourth-order valence-corrected chi connectivity index (χ4v) is 11.9. The van der Waals surface area contributed by atoms with Crippen LogP contribution in [0, 0.1) is 11.8 Å². The third-order valence-electron chi connectivity index (χ3n) is 13.5. The minimum atomic E-state index is -3.68. The van der Waals surface area contributed by atoms with Gasteiger partial charge in [0.1, 0.15) is 0 Å². The topological polar surface area (TPSA) is 110 Å². The molecule has 4 rings (SSSR count). The Bertz CT molecular complexity index is 1610. The molecule has 0 radical (unpaired) electrons. The lowest BCUT2D eigenvalue weighted by atomic mass is 9.83.